The van der Waals surface area contributed by atoms with Gasteiger partial charge in [0.05, 0.1) is 13.2 Å². The smallest absolute Gasteiger partial charge is 0.319 e. The third-order valence-corrected chi connectivity index (χ3v) is 3.77. The Morgan fingerprint density at radius 1 is 1.35 bits per heavy atom. The summed E-state index contributed by atoms with van der Waals surface area (Å²) < 4.78 is 5.06. The van der Waals surface area contributed by atoms with Gasteiger partial charge in [-0.1, -0.05) is 20.8 Å². The van der Waals surface area contributed by atoms with Gasteiger partial charge in [0.2, 0.25) is 5.91 Å². The molecule has 0 bridgehead atoms. The highest BCUT2D eigenvalue weighted by Crippen LogP contribution is 2.32. The van der Waals surface area contributed by atoms with Crippen LogP contribution in [-0.2, 0) is 14.3 Å². The minimum Gasteiger partial charge on any atom is -0.465 e. The fourth-order valence-electron chi connectivity index (χ4n) is 2.50. The van der Waals surface area contributed by atoms with Crippen LogP contribution in [0.1, 0.15) is 47.0 Å². The monoisotopic (exact) mass is 285 g/mol. The third-order valence-electron chi connectivity index (χ3n) is 3.77. The molecule has 1 N–H and O–H groups in total. The van der Waals surface area contributed by atoms with E-state index in [0.717, 1.165) is 19.3 Å². The maximum absolute atomic E-state index is 12.7. The fraction of sp³-hybridized carbons (Fsp3) is 0.867. The first kappa shape index (κ1) is 17.0. The van der Waals surface area contributed by atoms with Crippen LogP contribution in [0, 0.1) is 11.3 Å². The van der Waals surface area contributed by atoms with Crippen molar-refractivity contribution in [2.75, 3.05) is 19.8 Å². The van der Waals surface area contributed by atoms with Crippen LogP contribution in [0.25, 0.3) is 0 Å². The van der Waals surface area contributed by atoms with Crippen LogP contribution >= 0.6 is 0 Å². The van der Waals surface area contributed by atoms with Gasteiger partial charge in [-0.2, -0.15) is 0 Å². The first-order valence-corrected chi connectivity index (χ1v) is 7.40. The van der Waals surface area contributed by atoms with Gasteiger partial charge in [-0.05, 0) is 31.6 Å². The summed E-state index contributed by atoms with van der Waals surface area (Å²) in [5.74, 6) is -1.49. The molecule has 20 heavy (non-hydrogen) atoms. The Hall–Kier alpha value is -1.10. The van der Waals surface area contributed by atoms with Crippen molar-refractivity contribution in [1.82, 2.24) is 4.90 Å². The molecule has 1 aliphatic carbocycles. The van der Waals surface area contributed by atoms with Gasteiger partial charge in [0.15, 0.2) is 0 Å². The molecule has 1 rings (SSSR count). The molecule has 0 aliphatic heterocycles. The Balaban J connectivity index is 2.92. The first-order valence-electron chi connectivity index (χ1n) is 7.40. The number of nitrogens with zero attached hydrogens (tertiary/aromatic N) is 1. The Morgan fingerprint density at radius 3 is 2.30 bits per heavy atom. The number of aliphatic hydroxyl groups excluding tert-OH is 1. The average molecular weight is 285 g/mol. The molecular formula is C15H27NO4. The molecule has 0 aromatic carbocycles. The van der Waals surface area contributed by atoms with Gasteiger partial charge < -0.3 is 14.7 Å². The van der Waals surface area contributed by atoms with E-state index in [-0.39, 0.29) is 31.7 Å². The second kappa shape index (κ2) is 7.07. The molecule has 1 unspecified atom stereocenters. The summed E-state index contributed by atoms with van der Waals surface area (Å²) >= 11 is 0. The second-order valence-electron chi connectivity index (χ2n) is 6.39. The molecule has 0 aromatic heterocycles. The normalized spacial score (nSPS) is 17.2. The highest BCUT2D eigenvalue weighted by molar-refractivity contribution is 5.98. The van der Waals surface area contributed by atoms with Gasteiger partial charge >= 0.3 is 5.97 Å². The van der Waals surface area contributed by atoms with E-state index in [1.165, 1.54) is 0 Å². The zero-order valence-corrected chi connectivity index (χ0v) is 13.0. The van der Waals surface area contributed by atoms with E-state index in [9.17, 15) is 14.7 Å². The van der Waals surface area contributed by atoms with Crippen LogP contribution in [0.4, 0.5) is 0 Å². The Morgan fingerprint density at radius 2 is 1.95 bits per heavy atom. The molecular weight excluding hydrogens is 258 g/mol. The molecule has 5 nitrogen and oxygen atoms in total. The van der Waals surface area contributed by atoms with Crippen molar-refractivity contribution in [1.29, 1.82) is 0 Å². The maximum atomic E-state index is 12.7. The number of carbonyl (C=O) groups is 2. The van der Waals surface area contributed by atoms with Crippen molar-refractivity contribution >= 4 is 11.9 Å². The molecule has 1 atom stereocenters. The van der Waals surface area contributed by atoms with E-state index in [4.69, 9.17) is 4.74 Å². The van der Waals surface area contributed by atoms with Crippen molar-refractivity contribution in [3.05, 3.63) is 0 Å². The summed E-state index contributed by atoms with van der Waals surface area (Å²) in [6.07, 6.45) is 3.00. The zero-order chi connectivity index (χ0) is 15.3. The number of ether oxygens (including phenoxy) is 1. The van der Waals surface area contributed by atoms with Crippen molar-refractivity contribution in [3.63, 3.8) is 0 Å². The van der Waals surface area contributed by atoms with Crippen LogP contribution in [0.3, 0.4) is 0 Å². The minimum atomic E-state index is -0.811. The molecule has 0 saturated heterocycles. The van der Waals surface area contributed by atoms with Crippen molar-refractivity contribution in [3.8, 4) is 0 Å². The van der Waals surface area contributed by atoms with Gasteiger partial charge in [-0.25, -0.2) is 0 Å². The van der Waals surface area contributed by atoms with Gasteiger partial charge in [0.25, 0.3) is 0 Å². The quantitative estimate of drug-likeness (QED) is 0.594. The number of amides is 1. The van der Waals surface area contributed by atoms with Crippen molar-refractivity contribution in [2.45, 2.75) is 53.0 Å². The topological polar surface area (TPSA) is 66.8 Å². The van der Waals surface area contributed by atoms with Crippen LogP contribution in [-0.4, -0.2) is 47.7 Å². The molecule has 0 radical (unpaired) electrons. The lowest BCUT2D eigenvalue weighted by molar-refractivity contribution is -0.162. The molecule has 1 fully saturated rings. The van der Waals surface area contributed by atoms with Crippen LogP contribution in [0.5, 0.6) is 0 Å². The minimum absolute atomic E-state index is 0.0814. The zero-order valence-electron chi connectivity index (χ0n) is 13.0. The Kier molecular flexibility index (Phi) is 5.99. The SMILES string of the molecule is CCOC(=O)C(C(=O)N(CCO)C1CCC1)C(C)(C)C. The third kappa shape index (κ3) is 3.95. The predicted molar refractivity (Wildman–Crippen MR) is 76.0 cm³/mol. The average Bonchev–Trinajstić information content (AvgIpc) is 2.24. The van der Waals surface area contributed by atoms with E-state index in [1.807, 2.05) is 20.8 Å². The summed E-state index contributed by atoms with van der Waals surface area (Å²) in [5.41, 5.74) is -0.499. The number of esters is 1. The number of carbonyl (C=O) groups excluding carboxylic acids is 2. The number of hydrogen-bond donors (Lipinski definition) is 1. The van der Waals surface area contributed by atoms with E-state index in [0.29, 0.717) is 0 Å². The van der Waals surface area contributed by atoms with E-state index in [1.54, 1.807) is 11.8 Å². The van der Waals surface area contributed by atoms with Crippen molar-refractivity contribution < 1.29 is 19.4 Å². The van der Waals surface area contributed by atoms with Gasteiger partial charge in [-0.3, -0.25) is 9.59 Å². The highest BCUT2D eigenvalue weighted by Gasteiger charge is 2.43. The molecule has 0 heterocycles. The lowest BCUT2D eigenvalue weighted by atomic mass is 9.78. The van der Waals surface area contributed by atoms with Crippen LogP contribution in [0.2, 0.25) is 0 Å². The molecule has 0 aromatic rings. The second-order valence-corrected chi connectivity index (χ2v) is 6.39. The highest BCUT2D eigenvalue weighted by atomic mass is 16.5. The summed E-state index contributed by atoms with van der Waals surface area (Å²) in [6.45, 7) is 7.80. The molecule has 1 saturated carbocycles. The number of aliphatic hydroxyl groups is 1. The van der Waals surface area contributed by atoms with Crippen molar-refractivity contribution in [2.24, 2.45) is 11.3 Å². The van der Waals surface area contributed by atoms with E-state index >= 15 is 0 Å². The van der Waals surface area contributed by atoms with Gasteiger partial charge in [-0.15, -0.1) is 0 Å². The lowest BCUT2D eigenvalue weighted by Crippen LogP contribution is -2.52. The number of hydrogen-bond acceptors (Lipinski definition) is 4. The molecule has 5 heteroatoms. The lowest BCUT2D eigenvalue weighted by Gasteiger charge is -2.41. The maximum Gasteiger partial charge on any atom is 0.319 e. The molecule has 1 aliphatic rings. The Bertz CT molecular complexity index is 344. The fourth-order valence-corrected chi connectivity index (χ4v) is 2.50. The Labute approximate surface area is 121 Å². The molecule has 1 amide bonds. The molecule has 0 spiro atoms. The summed E-state index contributed by atoms with van der Waals surface area (Å²) in [7, 11) is 0. The summed E-state index contributed by atoms with van der Waals surface area (Å²) in [4.78, 5) is 26.5. The van der Waals surface area contributed by atoms with Gasteiger partial charge in [0.1, 0.15) is 5.92 Å². The van der Waals surface area contributed by atoms with E-state index < -0.39 is 17.3 Å². The van der Waals surface area contributed by atoms with Gasteiger partial charge in [0, 0.05) is 12.6 Å². The van der Waals surface area contributed by atoms with E-state index in [2.05, 4.69) is 0 Å². The van der Waals surface area contributed by atoms with Crippen LogP contribution < -0.4 is 0 Å². The summed E-state index contributed by atoms with van der Waals surface area (Å²) in [5, 5.41) is 9.17. The summed E-state index contributed by atoms with van der Waals surface area (Å²) in [6, 6.07) is 0.161. The molecule has 116 valence electrons. The predicted octanol–water partition coefficient (Wildman–Crippen LogP) is 1.59. The standard InChI is InChI=1S/C15H27NO4/c1-5-20-14(19)12(15(2,3)4)13(18)16(9-10-17)11-7-6-8-11/h11-12,17H,5-10H2,1-4H3. The largest absolute Gasteiger partial charge is 0.465 e. The first-order chi connectivity index (χ1) is 9.32. The number of rotatable bonds is 6. The van der Waals surface area contributed by atoms with Crippen LogP contribution in [0.15, 0.2) is 0 Å².